The van der Waals surface area contributed by atoms with Gasteiger partial charge in [-0.3, -0.25) is 0 Å². The van der Waals surface area contributed by atoms with Crippen molar-refractivity contribution >= 4 is 46.2 Å². The van der Waals surface area contributed by atoms with Gasteiger partial charge in [-0.15, -0.1) is 0 Å². The average molecular weight is 534 g/mol. The molecule has 5 rings (SSSR count). The van der Waals surface area contributed by atoms with Gasteiger partial charge in [-0.05, 0) is 64.8 Å². The molecule has 0 aromatic heterocycles. The second-order valence-electron chi connectivity index (χ2n) is 17.1. The van der Waals surface area contributed by atoms with Crippen molar-refractivity contribution in [3.05, 3.63) is 0 Å². The van der Waals surface area contributed by atoms with Crippen LogP contribution in [0.15, 0.2) is 4.99 Å². The summed E-state index contributed by atoms with van der Waals surface area (Å²) >= 11 is 0. The molecule has 0 radical (unpaired) electrons. The molecule has 0 unspecified atom stereocenters. The van der Waals surface area contributed by atoms with Gasteiger partial charge in [0.1, 0.15) is 0 Å². The predicted molar refractivity (Wildman–Crippen MR) is 162 cm³/mol. The summed E-state index contributed by atoms with van der Waals surface area (Å²) in [5, 5.41) is 0. The van der Waals surface area contributed by atoms with Crippen LogP contribution in [-0.2, 0) is 0 Å². The lowest BCUT2D eigenvalue weighted by atomic mass is 9.53. The summed E-state index contributed by atoms with van der Waals surface area (Å²) in [6, 6.07) is 0. The molecule has 1 nitrogen and oxygen atoms in total. The van der Waals surface area contributed by atoms with Crippen LogP contribution in [0.3, 0.4) is 0 Å². The molecule has 188 valence electrons. The fourth-order valence-corrected chi connectivity index (χ4v) is 51.2. The largest absolute Gasteiger partial charge is 0.244 e. The number of hydrogen-bond donors (Lipinski definition) is 0. The lowest BCUT2D eigenvalue weighted by Crippen LogP contribution is -2.65. The highest BCUT2D eigenvalue weighted by Gasteiger charge is 2.70. The molecule has 6 heteroatoms. The van der Waals surface area contributed by atoms with Crippen LogP contribution in [-0.4, -0.2) is 51.7 Å². The quantitative estimate of drug-likeness (QED) is 0.247. The Morgan fingerprint density at radius 1 is 0.576 bits per heavy atom. The van der Waals surface area contributed by atoms with Crippen molar-refractivity contribution in [2.45, 2.75) is 144 Å². The Kier molecular flexibility index (Phi) is 6.34. The van der Waals surface area contributed by atoms with Gasteiger partial charge in [0.15, 0.2) is 0 Å². The summed E-state index contributed by atoms with van der Waals surface area (Å²) < 4.78 is 1.24. The maximum atomic E-state index is 5.83. The van der Waals surface area contributed by atoms with Crippen LogP contribution in [0.2, 0.25) is 87.1 Å². The molecule has 4 bridgehead atoms. The lowest BCUT2D eigenvalue weighted by molar-refractivity contribution is 0.00207. The molecule has 1 heterocycles. The molecule has 1 saturated heterocycles. The normalized spacial score (nSPS) is 35.6. The molecule has 1 aliphatic heterocycles. The first-order valence-electron chi connectivity index (χ1n) is 14.1. The first-order chi connectivity index (χ1) is 14.8. The third kappa shape index (κ3) is 3.91. The third-order valence-corrected chi connectivity index (χ3v) is 46.0. The van der Waals surface area contributed by atoms with Gasteiger partial charge in [0.05, 0.1) is 13.9 Å². The Morgan fingerprint density at radius 2 is 0.879 bits per heavy atom. The van der Waals surface area contributed by atoms with E-state index in [0.29, 0.717) is 14.1 Å². The molecule has 4 aliphatic carbocycles. The monoisotopic (exact) mass is 533 g/mol. The topological polar surface area (TPSA) is 12.4 Å². The smallest absolute Gasteiger partial charge is 0.0932 e. The molecule has 0 aromatic carbocycles. The fraction of sp³-hybridized carbons (Fsp3) is 0.963. The van der Waals surface area contributed by atoms with E-state index in [1.807, 2.05) is 0 Å². The lowest BCUT2D eigenvalue weighted by Gasteiger charge is -2.56. The Balaban J connectivity index is 2.00. The molecular formula is C27H55NSi5. The van der Waals surface area contributed by atoms with E-state index in [-0.39, 0.29) is 0 Å². The molecule has 4 saturated carbocycles. The molecule has 0 N–H and O–H groups in total. The molecule has 0 spiro atoms. The predicted octanol–water partition coefficient (Wildman–Crippen LogP) is 8.72. The minimum Gasteiger partial charge on any atom is -0.244 e. The van der Waals surface area contributed by atoms with Gasteiger partial charge >= 0.3 is 0 Å². The minimum absolute atomic E-state index is 0.296. The molecule has 0 atom stereocenters. The van der Waals surface area contributed by atoms with E-state index in [9.17, 15) is 0 Å². The van der Waals surface area contributed by atoms with Gasteiger partial charge in [0.2, 0.25) is 0 Å². The minimum atomic E-state index is -1.42. The van der Waals surface area contributed by atoms with Gasteiger partial charge < -0.3 is 0 Å². The van der Waals surface area contributed by atoms with Crippen LogP contribution in [0.5, 0.6) is 0 Å². The molecular weight excluding hydrogens is 479 g/mol. The molecule has 0 aromatic rings. The maximum absolute atomic E-state index is 5.83. The van der Waals surface area contributed by atoms with E-state index in [0.717, 1.165) is 17.8 Å². The number of hydrogen-bond acceptors (Lipinski definition) is 1. The van der Waals surface area contributed by atoms with Crippen molar-refractivity contribution in [2.24, 2.45) is 22.7 Å². The molecule has 33 heavy (non-hydrogen) atoms. The highest BCUT2D eigenvalue weighted by molar-refractivity contribution is 7.21. The summed E-state index contributed by atoms with van der Waals surface area (Å²) in [5.41, 5.74) is 4.71. The van der Waals surface area contributed by atoms with E-state index >= 15 is 0 Å². The van der Waals surface area contributed by atoms with Crippen LogP contribution in [0, 0.1) is 17.8 Å². The second kappa shape index (κ2) is 7.83. The van der Waals surface area contributed by atoms with Crippen molar-refractivity contribution in [3.8, 4) is 0 Å². The third-order valence-electron chi connectivity index (χ3n) is 11.3. The Bertz CT molecular complexity index is 750. The van der Waals surface area contributed by atoms with Crippen LogP contribution < -0.4 is 0 Å². The van der Waals surface area contributed by atoms with Crippen LogP contribution in [0.4, 0.5) is 0 Å². The molecule has 5 fully saturated rings. The van der Waals surface area contributed by atoms with Crippen molar-refractivity contribution in [2.75, 3.05) is 0 Å². The number of nitrogens with zero attached hydrogens (tertiary/aromatic N) is 1. The van der Waals surface area contributed by atoms with Crippen molar-refractivity contribution < 1.29 is 0 Å². The van der Waals surface area contributed by atoms with E-state index in [1.165, 1.54) is 51.4 Å². The average Bonchev–Trinajstić information content (AvgIpc) is 2.96. The van der Waals surface area contributed by atoms with E-state index in [2.05, 4.69) is 84.0 Å². The van der Waals surface area contributed by atoms with E-state index in [1.54, 1.807) is 0 Å². The van der Waals surface area contributed by atoms with E-state index < -0.39 is 40.7 Å². The van der Waals surface area contributed by atoms with Crippen molar-refractivity contribution in [3.63, 3.8) is 0 Å². The summed E-state index contributed by atoms with van der Waals surface area (Å²) in [5.74, 6) is 2.96. The zero-order valence-corrected chi connectivity index (χ0v) is 29.3. The zero-order valence-electron chi connectivity index (χ0n) is 24.3. The molecule has 5 aliphatic rings. The highest BCUT2D eigenvalue weighted by atomic mass is 28.5. The first-order valence-corrected chi connectivity index (χ1v) is 29.6. The van der Waals surface area contributed by atoms with Crippen molar-refractivity contribution in [1.29, 1.82) is 0 Å². The van der Waals surface area contributed by atoms with Crippen LogP contribution in [0.1, 0.15) is 51.4 Å². The summed E-state index contributed by atoms with van der Waals surface area (Å²) in [7, 11) is -6.51. The van der Waals surface area contributed by atoms with Gasteiger partial charge in [-0.2, -0.15) is 0 Å². The summed E-state index contributed by atoms with van der Waals surface area (Å²) in [6.07, 6.45) is 11.8. The highest BCUT2D eigenvalue weighted by Crippen LogP contribution is 2.68. The zero-order chi connectivity index (χ0) is 24.9. The Hall–Kier alpha value is 0.664. The van der Waals surface area contributed by atoms with E-state index in [4.69, 9.17) is 4.99 Å². The van der Waals surface area contributed by atoms with Crippen molar-refractivity contribution in [1.82, 2.24) is 0 Å². The Morgan fingerprint density at radius 3 is 1.15 bits per heavy atom. The number of rotatable bonds is 5. The van der Waals surface area contributed by atoms with Gasteiger partial charge in [-0.25, -0.2) is 4.99 Å². The fourth-order valence-electron chi connectivity index (χ4n) is 10.8. The molecule has 0 amide bonds. The van der Waals surface area contributed by atoms with Gasteiger partial charge in [0.25, 0.3) is 0 Å². The van der Waals surface area contributed by atoms with Crippen LogP contribution in [0.25, 0.3) is 0 Å². The number of aliphatic imine (C=N–C) groups is 1. The van der Waals surface area contributed by atoms with Gasteiger partial charge in [-0.1, -0.05) is 96.9 Å². The SMILES string of the molecule is C[Si](C)(C)C1([Si](C)(C)C)CCC([Si](C)(C)C)([Si](C)(C)C)[Si]1=C=NC12CC3CC(CC(C3)C1)C2. The summed E-state index contributed by atoms with van der Waals surface area (Å²) in [4.78, 5) is 5.83. The standard InChI is InChI=1S/C27H55NSi5/c1-30(2,3)26(31(4,5)6)13-14-27(32(7,8)9,33(10,11)12)29(26)21-28-25-18-22-15-23(19-25)17-24(16-22)20-25/h22-24H,13-20H2,1-12H3. The van der Waals surface area contributed by atoms with Gasteiger partial charge in [0, 0.05) is 32.3 Å². The second-order valence-corrected chi connectivity index (χ2v) is 44.1. The van der Waals surface area contributed by atoms with Crippen LogP contribution >= 0.6 is 0 Å². The summed E-state index contributed by atoms with van der Waals surface area (Å²) in [6.45, 7) is 32.9. The maximum Gasteiger partial charge on any atom is 0.0932 e. The Labute approximate surface area is 212 Å². The first kappa shape index (κ1) is 26.7.